The van der Waals surface area contributed by atoms with Crippen LogP contribution in [0.2, 0.25) is 0 Å². The van der Waals surface area contributed by atoms with Gasteiger partial charge in [-0.05, 0) is 12.0 Å². The predicted molar refractivity (Wildman–Crippen MR) is 76.8 cm³/mol. The van der Waals surface area contributed by atoms with E-state index in [0.29, 0.717) is 24.6 Å². The highest BCUT2D eigenvalue weighted by atomic mass is 16.5. The van der Waals surface area contributed by atoms with Gasteiger partial charge in [0.05, 0.1) is 20.3 Å². The molecular weight excluding hydrogens is 256 g/mol. The summed E-state index contributed by atoms with van der Waals surface area (Å²) in [5.74, 6) is 2.01. The number of amides is 1. The fourth-order valence-corrected chi connectivity index (χ4v) is 2.61. The Morgan fingerprint density at radius 2 is 2.15 bits per heavy atom. The van der Waals surface area contributed by atoms with E-state index in [0.717, 1.165) is 17.9 Å². The van der Waals surface area contributed by atoms with Crippen LogP contribution >= 0.6 is 0 Å². The fraction of sp³-hybridized carbons (Fsp3) is 0.533. The second-order valence-corrected chi connectivity index (χ2v) is 5.32. The zero-order valence-corrected chi connectivity index (χ0v) is 12.3. The maximum absolute atomic E-state index is 11.8. The van der Waals surface area contributed by atoms with Crippen LogP contribution in [0.4, 0.5) is 0 Å². The van der Waals surface area contributed by atoms with Crippen LogP contribution in [-0.4, -0.2) is 38.1 Å². The van der Waals surface area contributed by atoms with E-state index in [1.54, 1.807) is 14.2 Å². The highest BCUT2D eigenvalue weighted by Gasteiger charge is 2.28. The molecule has 20 heavy (non-hydrogen) atoms. The molecule has 0 saturated carbocycles. The molecule has 2 rings (SSSR count). The van der Waals surface area contributed by atoms with Gasteiger partial charge >= 0.3 is 0 Å². The smallest absolute Gasteiger partial charge is 0.222 e. The Hall–Kier alpha value is -1.75. The lowest BCUT2D eigenvalue weighted by atomic mass is 10.1. The van der Waals surface area contributed by atoms with Crippen LogP contribution in [0, 0.1) is 5.92 Å². The minimum atomic E-state index is -0.259. The molecule has 0 spiro atoms. The summed E-state index contributed by atoms with van der Waals surface area (Å²) in [7, 11) is 3.22. The van der Waals surface area contributed by atoms with Crippen LogP contribution in [0.3, 0.4) is 0 Å². The summed E-state index contributed by atoms with van der Waals surface area (Å²) < 4.78 is 10.5. The SMILES string of the molecule is COc1ccc(C(N)CN2CC(C)CC2=O)c(OC)c1. The van der Waals surface area contributed by atoms with Crippen molar-refractivity contribution in [3.63, 3.8) is 0 Å². The van der Waals surface area contributed by atoms with Crippen molar-refractivity contribution in [1.82, 2.24) is 4.90 Å². The van der Waals surface area contributed by atoms with Crippen molar-refractivity contribution in [3.05, 3.63) is 23.8 Å². The molecule has 2 N–H and O–H groups in total. The Labute approximate surface area is 119 Å². The third-order valence-corrected chi connectivity index (χ3v) is 3.67. The van der Waals surface area contributed by atoms with Crippen molar-refractivity contribution in [1.29, 1.82) is 0 Å². The van der Waals surface area contributed by atoms with Crippen molar-refractivity contribution < 1.29 is 14.3 Å². The van der Waals surface area contributed by atoms with E-state index >= 15 is 0 Å². The molecule has 1 aliphatic rings. The van der Waals surface area contributed by atoms with E-state index in [1.165, 1.54) is 0 Å². The van der Waals surface area contributed by atoms with Crippen LogP contribution in [0.5, 0.6) is 11.5 Å². The maximum atomic E-state index is 11.8. The molecule has 1 amide bonds. The van der Waals surface area contributed by atoms with Gasteiger partial charge in [-0.3, -0.25) is 4.79 Å². The summed E-state index contributed by atoms with van der Waals surface area (Å²) in [5, 5.41) is 0. The van der Waals surface area contributed by atoms with E-state index in [-0.39, 0.29) is 11.9 Å². The molecule has 2 unspecified atom stereocenters. The third kappa shape index (κ3) is 3.04. The standard InChI is InChI=1S/C15H22N2O3/c1-10-6-15(18)17(8-10)9-13(16)12-5-4-11(19-2)7-14(12)20-3/h4-5,7,10,13H,6,8-9,16H2,1-3H3. The van der Waals surface area contributed by atoms with E-state index in [1.807, 2.05) is 23.1 Å². The summed E-state index contributed by atoms with van der Waals surface area (Å²) >= 11 is 0. The average Bonchev–Trinajstić information content (AvgIpc) is 2.75. The molecule has 0 aromatic heterocycles. The quantitative estimate of drug-likeness (QED) is 0.888. The summed E-state index contributed by atoms with van der Waals surface area (Å²) in [6.45, 7) is 3.38. The maximum Gasteiger partial charge on any atom is 0.222 e. The molecule has 1 aromatic rings. The first-order valence-corrected chi connectivity index (χ1v) is 6.80. The van der Waals surface area contributed by atoms with Gasteiger partial charge in [-0.1, -0.05) is 13.0 Å². The number of hydrogen-bond donors (Lipinski definition) is 1. The van der Waals surface area contributed by atoms with E-state index in [9.17, 15) is 4.79 Å². The zero-order chi connectivity index (χ0) is 14.7. The second kappa shape index (κ2) is 6.13. The molecule has 5 nitrogen and oxygen atoms in total. The van der Waals surface area contributed by atoms with E-state index in [2.05, 4.69) is 6.92 Å². The van der Waals surface area contributed by atoms with Gasteiger partial charge in [-0.25, -0.2) is 0 Å². The third-order valence-electron chi connectivity index (χ3n) is 3.67. The zero-order valence-electron chi connectivity index (χ0n) is 12.3. The minimum absolute atomic E-state index is 0.181. The number of nitrogens with zero attached hydrogens (tertiary/aromatic N) is 1. The molecule has 1 aromatic carbocycles. The van der Waals surface area contributed by atoms with Gasteiger partial charge < -0.3 is 20.1 Å². The largest absolute Gasteiger partial charge is 0.497 e. The van der Waals surface area contributed by atoms with Gasteiger partial charge in [0.2, 0.25) is 5.91 Å². The van der Waals surface area contributed by atoms with Gasteiger partial charge in [-0.2, -0.15) is 0 Å². The van der Waals surface area contributed by atoms with Gasteiger partial charge in [0.1, 0.15) is 11.5 Å². The number of nitrogens with two attached hydrogens (primary N) is 1. The van der Waals surface area contributed by atoms with Crippen LogP contribution in [-0.2, 0) is 4.79 Å². The van der Waals surface area contributed by atoms with Crippen molar-refractivity contribution in [2.24, 2.45) is 11.7 Å². The van der Waals surface area contributed by atoms with Gasteiger partial charge in [0.15, 0.2) is 0 Å². The first kappa shape index (κ1) is 14.7. The number of hydrogen-bond acceptors (Lipinski definition) is 4. The average molecular weight is 278 g/mol. The molecule has 1 aliphatic heterocycles. The first-order chi connectivity index (χ1) is 9.55. The topological polar surface area (TPSA) is 64.8 Å². The Kier molecular flexibility index (Phi) is 4.49. The van der Waals surface area contributed by atoms with Crippen molar-refractivity contribution in [2.75, 3.05) is 27.3 Å². The monoisotopic (exact) mass is 278 g/mol. The van der Waals surface area contributed by atoms with Crippen molar-refractivity contribution in [3.8, 4) is 11.5 Å². The summed E-state index contributed by atoms with van der Waals surface area (Å²) in [6, 6.07) is 5.30. The number of ether oxygens (including phenoxy) is 2. The van der Waals surface area contributed by atoms with Gasteiger partial charge in [0, 0.05) is 31.1 Å². The van der Waals surface area contributed by atoms with E-state index in [4.69, 9.17) is 15.2 Å². The summed E-state index contributed by atoms with van der Waals surface area (Å²) in [6.07, 6.45) is 0.618. The number of rotatable bonds is 5. The fourth-order valence-electron chi connectivity index (χ4n) is 2.61. The van der Waals surface area contributed by atoms with Gasteiger partial charge in [-0.15, -0.1) is 0 Å². The number of carbonyl (C=O) groups excluding carboxylic acids is 1. The molecule has 1 heterocycles. The Morgan fingerprint density at radius 1 is 1.40 bits per heavy atom. The molecule has 1 fully saturated rings. The lowest BCUT2D eigenvalue weighted by Gasteiger charge is -2.23. The first-order valence-electron chi connectivity index (χ1n) is 6.80. The lowest BCUT2D eigenvalue weighted by molar-refractivity contribution is -0.127. The lowest BCUT2D eigenvalue weighted by Crippen LogP contribution is -2.33. The number of carbonyl (C=O) groups is 1. The predicted octanol–water partition coefficient (Wildman–Crippen LogP) is 1.57. The Bertz CT molecular complexity index is 490. The van der Waals surface area contributed by atoms with Crippen LogP contribution in [0.15, 0.2) is 18.2 Å². The molecule has 0 radical (unpaired) electrons. The number of benzene rings is 1. The molecule has 5 heteroatoms. The van der Waals surface area contributed by atoms with E-state index < -0.39 is 0 Å². The highest BCUT2D eigenvalue weighted by Crippen LogP contribution is 2.29. The van der Waals surface area contributed by atoms with Crippen LogP contribution < -0.4 is 15.2 Å². The summed E-state index contributed by atoms with van der Waals surface area (Å²) in [5.41, 5.74) is 7.13. The Balaban J connectivity index is 2.12. The molecule has 2 atom stereocenters. The van der Waals surface area contributed by atoms with Crippen LogP contribution in [0.1, 0.15) is 24.9 Å². The Morgan fingerprint density at radius 3 is 2.70 bits per heavy atom. The molecule has 1 saturated heterocycles. The summed E-state index contributed by atoms with van der Waals surface area (Å²) in [4.78, 5) is 13.7. The second-order valence-electron chi connectivity index (χ2n) is 5.32. The van der Waals surface area contributed by atoms with Gasteiger partial charge in [0.25, 0.3) is 0 Å². The van der Waals surface area contributed by atoms with Crippen molar-refractivity contribution >= 4 is 5.91 Å². The molecular formula is C15H22N2O3. The molecule has 0 bridgehead atoms. The molecule has 0 aliphatic carbocycles. The van der Waals surface area contributed by atoms with Crippen molar-refractivity contribution in [2.45, 2.75) is 19.4 Å². The minimum Gasteiger partial charge on any atom is -0.497 e. The molecule has 110 valence electrons. The number of methoxy groups -OCH3 is 2. The number of likely N-dealkylation sites (tertiary alicyclic amines) is 1. The highest BCUT2D eigenvalue weighted by molar-refractivity contribution is 5.78. The van der Waals surface area contributed by atoms with Crippen LogP contribution in [0.25, 0.3) is 0 Å². The normalized spacial score (nSPS) is 20.1.